The van der Waals surface area contributed by atoms with E-state index in [4.69, 9.17) is 4.74 Å². The van der Waals surface area contributed by atoms with Crippen molar-refractivity contribution in [2.45, 2.75) is 52.2 Å². The Balaban J connectivity index is 2.14. The number of ether oxygens (including phenoxy) is 1. The van der Waals surface area contributed by atoms with Crippen LogP contribution in [0.4, 0.5) is 0 Å². The summed E-state index contributed by atoms with van der Waals surface area (Å²) in [5.74, 6) is 0. The number of piperidine rings is 1. The van der Waals surface area contributed by atoms with Crippen molar-refractivity contribution in [3.63, 3.8) is 0 Å². The van der Waals surface area contributed by atoms with Gasteiger partial charge in [0.2, 0.25) is 0 Å². The minimum Gasteiger partial charge on any atom is -0.375 e. The molecule has 0 aromatic rings. The number of likely N-dealkylation sites (tertiary alicyclic amines) is 1. The third-order valence-electron chi connectivity index (χ3n) is 2.47. The van der Waals surface area contributed by atoms with E-state index < -0.39 is 0 Å². The fraction of sp³-hybridized carbons (Fsp3) is 1.00. The number of hydrogen-bond acceptors (Lipinski definition) is 2. The lowest BCUT2D eigenvalue weighted by molar-refractivity contribution is -0.00407. The summed E-state index contributed by atoms with van der Waals surface area (Å²) in [7, 11) is 0. The van der Waals surface area contributed by atoms with E-state index in [2.05, 4.69) is 25.7 Å². The van der Waals surface area contributed by atoms with Gasteiger partial charge in [0.1, 0.15) is 0 Å². The molecule has 1 aliphatic rings. The molecule has 0 spiro atoms. The normalized spacial score (nSPS) is 22.2. The average molecular weight is 185 g/mol. The molecular weight excluding hydrogens is 162 g/mol. The number of hydrogen-bond donors (Lipinski definition) is 0. The van der Waals surface area contributed by atoms with Gasteiger partial charge in [-0.25, -0.2) is 0 Å². The van der Waals surface area contributed by atoms with Crippen LogP contribution in [0.2, 0.25) is 0 Å². The quantitative estimate of drug-likeness (QED) is 0.666. The van der Waals surface area contributed by atoms with E-state index in [9.17, 15) is 0 Å². The van der Waals surface area contributed by atoms with Gasteiger partial charge in [-0.3, -0.25) is 0 Å². The highest BCUT2D eigenvalue weighted by Crippen LogP contribution is 2.10. The molecule has 2 nitrogen and oxygen atoms in total. The van der Waals surface area contributed by atoms with Gasteiger partial charge in [-0.2, -0.15) is 0 Å². The largest absolute Gasteiger partial charge is 0.375 e. The topological polar surface area (TPSA) is 12.5 Å². The summed E-state index contributed by atoms with van der Waals surface area (Å²) in [5, 5.41) is 0. The maximum Gasteiger partial charge on any atom is 0.0677 e. The van der Waals surface area contributed by atoms with E-state index >= 15 is 0 Å². The molecule has 1 fully saturated rings. The molecule has 0 aliphatic carbocycles. The highest BCUT2D eigenvalue weighted by Gasteiger charge is 2.13. The van der Waals surface area contributed by atoms with Crippen LogP contribution in [0.1, 0.15) is 40.0 Å². The Hall–Kier alpha value is -0.0800. The summed E-state index contributed by atoms with van der Waals surface area (Å²) >= 11 is 0. The standard InChI is InChI=1S/C11H23NO/c1-10(2)13-11(3)9-12-7-5-4-6-8-12/h10-11H,4-9H2,1-3H3. The van der Waals surface area contributed by atoms with E-state index in [0.29, 0.717) is 12.2 Å². The van der Waals surface area contributed by atoms with E-state index in [-0.39, 0.29) is 0 Å². The Morgan fingerprint density at radius 3 is 2.23 bits per heavy atom. The van der Waals surface area contributed by atoms with Gasteiger partial charge < -0.3 is 9.64 Å². The Morgan fingerprint density at radius 2 is 1.69 bits per heavy atom. The summed E-state index contributed by atoms with van der Waals surface area (Å²) in [4.78, 5) is 2.52. The van der Waals surface area contributed by atoms with Gasteiger partial charge in [0.25, 0.3) is 0 Å². The zero-order valence-electron chi connectivity index (χ0n) is 9.25. The van der Waals surface area contributed by atoms with Crippen LogP contribution >= 0.6 is 0 Å². The molecule has 1 rings (SSSR count). The van der Waals surface area contributed by atoms with Gasteiger partial charge in [-0.1, -0.05) is 6.42 Å². The van der Waals surface area contributed by atoms with Crippen LogP contribution in [0.25, 0.3) is 0 Å². The molecule has 2 heteroatoms. The lowest BCUT2D eigenvalue weighted by Gasteiger charge is -2.29. The van der Waals surface area contributed by atoms with Crippen LogP contribution in [0.15, 0.2) is 0 Å². The Morgan fingerprint density at radius 1 is 1.08 bits per heavy atom. The molecule has 1 heterocycles. The molecule has 1 aliphatic heterocycles. The van der Waals surface area contributed by atoms with Crippen molar-refractivity contribution < 1.29 is 4.74 Å². The summed E-state index contributed by atoms with van der Waals surface area (Å²) in [6, 6.07) is 0. The van der Waals surface area contributed by atoms with E-state index in [1.54, 1.807) is 0 Å². The van der Waals surface area contributed by atoms with E-state index in [0.717, 1.165) is 6.54 Å². The molecule has 1 unspecified atom stereocenters. The van der Waals surface area contributed by atoms with Crippen LogP contribution in [-0.4, -0.2) is 36.7 Å². The van der Waals surface area contributed by atoms with Gasteiger partial charge in [-0.15, -0.1) is 0 Å². The third-order valence-corrected chi connectivity index (χ3v) is 2.47. The van der Waals surface area contributed by atoms with E-state index in [1.165, 1.54) is 32.4 Å². The second-order valence-corrected chi connectivity index (χ2v) is 4.36. The van der Waals surface area contributed by atoms with Gasteiger partial charge in [0.05, 0.1) is 12.2 Å². The SMILES string of the molecule is CC(C)OC(C)CN1CCCCC1. The first kappa shape index (κ1) is 11.0. The molecule has 0 amide bonds. The lowest BCUT2D eigenvalue weighted by Crippen LogP contribution is -2.37. The van der Waals surface area contributed by atoms with Crippen LogP contribution in [0.3, 0.4) is 0 Å². The van der Waals surface area contributed by atoms with Crippen molar-refractivity contribution >= 4 is 0 Å². The summed E-state index contributed by atoms with van der Waals surface area (Å²) in [6.45, 7) is 10.0. The Bertz CT molecular complexity index is 130. The van der Waals surface area contributed by atoms with Crippen molar-refractivity contribution in [2.24, 2.45) is 0 Å². The minimum atomic E-state index is 0.361. The zero-order chi connectivity index (χ0) is 9.68. The molecule has 0 radical (unpaired) electrons. The van der Waals surface area contributed by atoms with Gasteiger partial charge in [0, 0.05) is 6.54 Å². The molecule has 1 atom stereocenters. The first-order chi connectivity index (χ1) is 6.18. The predicted molar refractivity (Wildman–Crippen MR) is 56.0 cm³/mol. The third kappa shape index (κ3) is 4.63. The van der Waals surface area contributed by atoms with E-state index in [1.807, 2.05) is 0 Å². The Labute approximate surface area is 82.3 Å². The molecule has 0 saturated carbocycles. The van der Waals surface area contributed by atoms with Crippen LogP contribution in [0.5, 0.6) is 0 Å². The fourth-order valence-corrected chi connectivity index (χ4v) is 2.01. The summed E-state index contributed by atoms with van der Waals surface area (Å²) < 4.78 is 5.71. The lowest BCUT2D eigenvalue weighted by atomic mass is 10.1. The predicted octanol–water partition coefficient (Wildman–Crippen LogP) is 2.29. The summed E-state index contributed by atoms with van der Waals surface area (Å²) in [6.07, 6.45) is 4.90. The van der Waals surface area contributed by atoms with Gasteiger partial charge in [0.15, 0.2) is 0 Å². The van der Waals surface area contributed by atoms with Crippen LogP contribution in [0, 0.1) is 0 Å². The van der Waals surface area contributed by atoms with Crippen molar-refractivity contribution in [2.75, 3.05) is 19.6 Å². The van der Waals surface area contributed by atoms with Crippen molar-refractivity contribution in [1.82, 2.24) is 4.90 Å². The molecule has 0 aromatic carbocycles. The van der Waals surface area contributed by atoms with Crippen molar-refractivity contribution in [1.29, 1.82) is 0 Å². The molecule has 78 valence electrons. The first-order valence-corrected chi connectivity index (χ1v) is 5.56. The first-order valence-electron chi connectivity index (χ1n) is 5.56. The van der Waals surface area contributed by atoms with Crippen molar-refractivity contribution in [3.05, 3.63) is 0 Å². The van der Waals surface area contributed by atoms with Gasteiger partial charge >= 0.3 is 0 Å². The maximum absolute atomic E-state index is 5.71. The zero-order valence-corrected chi connectivity index (χ0v) is 9.25. The van der Waals surface area contributed by atoms with Crippen LogP contribution < -0.4 is 0 Å². The number of nitrogens with zero attached hydrogens (tertiary/aromatic N) is 1. The van der Waals surface area contributed by atoms with Gasteiger partial charge in [-0.05, 0) is 46.7 Å². The molecular formula is C11H23NO. The van der Waals surface area contributed by atoms with Crippen LogP contribution in [-0.2, 0) is 4.74 Å². The Kier molecular flexibility index (Phi) is 4.74. The molecule has 1 saturated heterocycles. The average Bonchev–Trinajstić information content (AvgIpc) is 2.04. The molecule has 13 heavy (non-hydrogen) atoms. The monoisotopic (exact) mass is 185 g/mol. The maximum atomic E-state index is 5.71. The molecule has 0 bridgehead atoms. The minimum absolute atomic E-state index is 0.361. The van der Waals surface area contributed by atoms with Crippen molar-refractivity contribution in [3.8, 4) is 0 Å². The molecule has 0 N–H and O–H groups in total. The second-order valence-electron chi connectivity index (χ2n) is 4.36. The molecule has 0 aromatic heterocycles. The number of rotatable bonds is 4. The highest BCUT2D eigenvalue weighted by atomic mass is 16.5. The smallest absolute Gasteiger partial charge is 0.0677 e. The highest BCUT2D eigenvalue weighted by molar-refractivity contribution is 4.67. The second kappa shape index (κ2) is 5.61. The summed E-state index contributed by atoms with van der Waals surface area (Å²) in [5.41, 5.74) is 0. The fourth-order valence-electron chi connectivity index (χ4n) is 2.01.